The zero-order chi connectivity index (χ0) is 96.7. The molecule has 0 unspecified atom stereocenters. The van der Waals surface area contributed by atoms with Crippen molar-refractivity contribution in [3.8, 4) is 131 Å². The molecule has 136 heavy (non-hydrogen) atoms. The Morgan fingerprint density at radius 1 is 0.346 bits per heavy atom. The third-order valence-electron chi connectivity index (χ3n) is 19.3. The number of carboxylic acid groups (broad SMARTS) is 4. The third-order valence-corrected chi connectivity index (χ3v) is 19.3. The summed E-state index contributed by atoms with van der Waals surface area (Å²) in [4.78, 5) is 95.2. The average Bonchev–Trinajstić information content (AvgIpc) is 1.53. The highest BCUT2D eigenvalue weighted by molar-refractivity contribution is 5.92. The van der Waals surface area contributed by atoms with E-state index in [2.05, 4.69) is 80.0 Å². The Hall–Kier alpha value is -18.4. The molecule has 38 heteroatoms. The minimum absolute atomic E-state index is 0.0178. The normalized spacial score (nSPS) is 10.8. The van der Waals surface area contributed by atoms with Crippen LogP contribution in [0.2, 0.25) is 0 Å². The quantitative estimate of drug-likeness (QED) is 0.0383. The van der Waals surface area contributed by atoms with Gasteiger partial charge in [-0.3, -0.25) is 4.98 Å². The molecule has 7 aromatic heterocycles. The van der Waals surface area contributed by atoms with Crippen LogP contribution in [-0.4, -0.2) is 142 Å². The molecule has 0 saturated carbocycles. The van der Waals surface area contributed by atoms with Gasteiger partial charge in [-0.25, -0.2) is 33.2 Å². The Morgan fingerprint density at radius 3 is 0.971 bits per heavy atom. The number of carbonyl (C=O) groups is 6. The van der Waals surface area contributed by atoms with Gasteiger partial charge in [-0.2, -0.15) is 51.9 Å². The maximum Gasteiger partial charge on any atom is 0.417 e. The summed E-state index contributed by atoms with van der Waals surface area (Å²) >= 11 is 0. The fraction of sp³-hybridized carbons (Fsp3) is 0.0918. The molecular weight excluding hydrogens is 1780 g/mol. The van der Waals surface area contributed by atoms with Gasteiger partial charge >= 0.3 is 48.1 Å². The zero-order valence-corrected chi connectivity index (χ0v) is 71.8. The van der Waals surface area contributed by atoms with Gasteiger partial charge in [0.1, 0.15) is 11.6 Å². The molecule has 18 aromatic rings. The number of aromatic carboxylic acids is 4. The van der Waals surface area contributed by atoms with E-state index in [1.54, 1.807) is 91.0 Å². The van der Waals surface area contributed by atoms with Crippen LogP contribution in [-0.2, 0) is 22.1 Å². The fourth-order valence-electron chi connectivity index (χ4n) is 12.2. The predicted octanol–water partition coefficient (Wildman–Crippen LogP) is 21.2. The first-order chi connectivity index (χ1) is 65.3. The summed E-state index contributed by atoms with van der Waals surface area (Å²) in [5.74, 6) is -1.34. The number of aromatic nitrogens is 13. The number of alkyl halides is 5. The van der Waals surface area contributed by atoms with Crippen LogP contribution in [0.1, 0.15) is 103 Å². The molecule has 18 rings (SSSR count). The Kier molecular flexibility index (Phi) is 30.3. The summed E-state index contributed by atoms with van der Waals surface area (Å²) in [5, 5.41) is 58.6. The van der Waals surface area contributed by atoms with Crippen LogP contribution in [0.15, 0.2) is 313 Å². The van der Waals surface area contributed by atoms with Crippen molar-refractivity contribution >= 4 is 35.8 Å². The second-order valence-corrected chi connectivity index (χ2v) is 29.0. The number of esters is 2. The number of nitrogens with zero attached hydrogens (tertiary/aromatic N) is 13. The van der Waals surface area contributed by atoms with Gasteiger partial charge in [0, 0.05) is 81.4 Å². The molecule has 0 saturated heterocycles. The number of halogens is 6. The SMILES string of the molecule is CC(F)(F)Oc1ccc(-c2noc(-c3ccc(C(=O)O)cc3)n2)cc1.COC(=O)c1ccc(-c2nc(-c3ccc(C)cc3)no2)cc1.COC(=O)c1ccc(-c2nc(Cc3ccc(F)cc3C)no2)cc1.Cc1ccc(-c2noc(-c3ccc(C(=O)O)cc3)n2)cc1.O=C(O)c1ccc(-c2nc(-c3ccccc3)no2)cc1.O=C(O)c1ccc(-c2nc(-c3cnccc3C(F)(F)F)no2)cc1. The molecule has 7 heterocycles. The molecule has 0 spiro atoms. The molecule has 684 valence electrons. The second kappa shape index (κ2) is 43.4. The first kappa shape index (κ1) is 95.2. The van der Waals surface area contributed by atoms with Crippen molar-refractivity contribution in [3.63, 3.8) is 0 Å². The standard InChI is InChI=1S/C18H15FN2O3.C17H12F2N2O4.C17H14N2O3.C16H12N2O3.C15H8F3N3O3.C15H10N2O3/c1-11-9-15(19)8-7-14(11)10-16-20-17(24-21-16)12-3-5-13(6-4-12)18(22)23-2;1-17(18,19)24-13-8-6-10(7-9-13)14-20-15(25-21-14)11-2-4-12(5-3-11)16(22)23;1-11-3-5-12(6-4-11)15-18-16(22-19-15)13-7-9-14(10-8-13)17(20)21-2;1-10-2-4-11(5-3-10)14-17-15(21-18-14)12-6-8-13(9-7-12)16(19)20;16-15(17,18)11-5-6-19-7-10(11)12-20-13(24-21-12)8-1-3-9(4-2-8)14(22)23;18-15(19)12-8-6-11(7-9-12)14-16-13(17-20-14)10-4-2-1-3-5-10/h3-9H,10H2,1-2H3;2-9H,1H3,(H,22,23);3-10H,1-2H3;2-9H,1H3,(H,19,20);1-7H,(H,22,23);1-9H,(H,18,19). The summed E-state index contributed by atoms with van der Waals surface area (Å²) in [5.41, 5.74) is 11.4. The van der Waals surface area contributed by atoms with Crippen molar-refractivity contribution in [1.82, 2.24) is 65.8 Å². The topological polar surface area (TPSA) is 457 Å². The van der Waals surface area contributed by atoms with Crippen molar-refractivity contribution in [2.45, 2.75) is 46.4 Å². The lowest BCUT2D eigenvalue weighted by Crippen LogP contribution is -2.18. The smallest absolute Gasteiger partial charge is 0.417 e. The van der Waals surface area contributed by atoms with Crippen LogP contribution in [0.25, 0.3) is 126 Å². The van der Waals surface area contributed by atoms with E-state index in [1.807, 2.05) is 99.6 Å². The van der Waals surface area contributed by atoms with Crippen LogP contribution >= 0.6 is 0 Å². The minimum atomic E-state index is -4.58. The first-order valence-corrected chi connectivity index (χ1v) is 40.2. The van der Waals surface area contributed by atoms with E-state index in [-0.39, 0.29) is 68.8 Å². The summed E-state index contributed by atoms with van der Waals surface area (Å²) in [6.45, 7) is 6.52. The fourth-order valence-corrected chi connectivity index (χ4v) is 12.2. The number of aryl methyl sites for hydroxylation is 3. The predicted molar refractivity (Wildman–Crippen MR) is 474 cm³/mol. The van der Waals surface area contributed by atoms with E-state index in [1.165, 1.54) is 117 Å². The van der Waals surface area contributed by atoms with Crippen molar-refractivity contribution in [2.24, 2.45) is 0 Å². The molecule has 0 amide bonds. The number of methoxy groups -OCH3 is 2. The molecular formula is C98H71F6N13O19. The Labute approximate surface area is 765 Å². The lowest BCUT2D eigenvalue weighted by molar-refractivity contribution is -0.159. The first-order valence-electron chi connectivity index (χ1n) is 40.2. The third kappa shape index (κ3) is 25.4. The van der Waals surface area contributed by atoms with Crippen LogP contribution in [0.3, 0.4) is 0 Å². The van der Waals surface area contributed by atoms with Gasteiger partial charge < -0.3 is 61.8 Å². The number of hydrogen-bond acceptors (Lipinski definition) is 28. The molecule has 4 N–H and O–H groups in total. The zero-order valence-electron chi connectivity index (χ0n) is 71.8. The molecule has 0 radical (unpaired) electrons. The summed E-state index contributed by atoms with van der Waals surface area (Å²) in [7, 11) is 2.68. The number of rotatable bonds is 21. The lowest BCUT2D eigenvalue weighted by atomic mass is 10.1. The number of hydrogen-bond donors (Lipinski definition) is 4. The van der Waals surface area contributed by atoms with Crippen molar-refractivity contribution in [3.05, 3.63) is 358 Å². The van der Waals surface area contributed by atoms with Gasteiger partial charge in [-0.1, -0.05) is 127 Å². The van der Waals surface area contributed by atoms with E-state index in [0.717, 1.165) is 57.4 Å². The van der Waals surface area contributed by atoms with E-state index < -0.39 is 47.7 Å². The number of pyridine rings is 1. The maximum atomic E-state index is 13.1. The van der Waals surface area contributed by atoms with Gasteiger partial charge in [0.05, 0.1) is 58.7 Å². The number of benzene rings is 11. The molecule has 0 fully saturated rings. The molecule has 0 atom stereocenters. The Balaban J connectivity index is 0.000000138. The van der Waals surface area contributed by atoms with Crippen LogP contribution in [0, 0.1) is 26.6 Å². The van der Waals surface area contributed by atoms with Gasteiger partial charge in [-0.05, 0) is 220 Å². The summed E-state index contributed by atoms with van der Waals surface area (Å²) < 4.78 is 123. The van der Waals surface area contributed by atoms with E-state index in [4.69, 9.17) is 47.6 Å². The number of carbonyl (C=O) groups excluding carboxylic acids is 2. The molecule has 0 aliphatic rings. The molecule has 32 nitrogen and oxygen atoms in total. The second-order valence-electron chi connectivity index (χ2n) is 29.0. The maximum absolute atomic E-state index is 13.1. The number of ether oxygens (including phenoxy) is 3. The highest BCUT2D eigenvalue weighted by Gasteiger charge is 2.35. The van der Waals surface area contributed by atoms with Crippen molar-refractivity contribution in [1.29, 1.82) is 0 Å². The Morgan fingerprint density at radius 2 is 0.647 bits per heavy atom. The molecule has 0 bridgehead atoms. The largest absolute Gasteiger partial charge is 0.478 e. The lowest BCUT2D eigenvalue weighted by Gasteiger charge is -2.12. The van der Waals surface area contributed by atoms with E-state index in [0.29, 0.717) is 105 Å². The molecule has 0 aliphatic heterocycles. The highest BCUT2D eigenvalue weighted by Crippen LogP contribution is 2.37. The monoisotopic (exact) mass is 1850 g/mol. The van der Waals surface area contributed by atoms with E-state index >= 15 is 0 Å². The van der Waals surface area contributed by atoms with Crippen molar-refractivity contribution in [2.75, 3.05) is 14.2 Å². The van der Waals surface area contributed by atoms with Crippen LogP contribution in [0.4, 0.5) is 26.3 Å². The van der Waals surface area contributed by atoms with E-state index in [9.17, 15) is 55.1 Å². The molecule has 11 aromatic carbocycles. The molecule has 0 aliphatic carbocycles. The highest BCUT2D eigenvalue weighted by atomic mass is 19.4. The van der Waals surface area contributed by atoms with Gasteiger partial charge in [0.25, 0.3) is 35.3 Å². The number of carboxylic acids is 4. The van der Waals surface area contributed by atoms with Crippen molar-refractivity contribution < 1.29 is 117 Å². The van der Waals surface area contributed by atoms with Crippen LogP contribution < -0.4 is 4.74 Å². The van der Waals surface area contributed by atoms with Gasteiger partial charge in [0.2, 0.25) is 29.1 Å². The summed E-state index contributed by atoms with van der Waals surface area (Å²) in [6.07, 6.45) is -5.36. The van der Waals surface area contributed by atoms with Crippen LogP contribution in [0.5, 0.6) is 5.75 Å². The minimum Gasteiger partial charge on any atom is -0.478 e. The Bertz CT molecular complexity index is 7160. The average molecular weight is 1850 g/mol. The summed E-state index contributed by atoms with van der Waals surface area (Å²) in [6, 6.07) is 74.0. The van der Waals surface area contributed by atoms with Gasteiger partial charge in [0.15, 0.2) is 5.82 Å². The van der Waals surface area contributed by atoms with Gasteiger partial charge in [-0.15, -0.1) is 0 Å².